The fourth-order valence-corrected chi connectivity index (χ4v) is 2.32. The first-order valence-electron chi connectivity index (χ1n) is 6.65. The second-order valence-corrected chi connectivity index (χ2v) is 4.76. The summed E-state index contributed by atoms with van der Waals surface area (Å²) in [6, 6.07) is 8.62. The summed E-state index contributed by atoms with van der Waals surface area (Å²) < 4.78 is 0. The number of hydrogen-bond donors (Lipinski definition) is 0. The maximum absolute atomic E-state index is 11.9. The summed E-state index contributed by atoms with van der Waals surface area (Å²) in [5, 5.41) is 0. The summed E-state index contributed by atoms with van der Waals surface area (Å²) in [5.41, 5.74) is 2.63. The molecule has 0 unspecified atom stereocenters. The minimum atomic E-state index is 0.321. The first-order chi connectivity index (χ1) is 8.29. The number of hydrogen-bond acceptors (Lipinski definition) is 1. The second-order valence-electron chi connectivity index (χ2n) is 4.76. The lowest BCUT2D eigenvalue weighted by atomic mass is 10.1. The van der Waals surface area contributed by atoms with Crippen LogP contribution in [0.15, 0.2) is 24.3 Å². The Bertz CT molecular complexity index is 363. The predicted molar refractivity (Wildman–Crippen MR) is 70.0 cm³/mol. The number of benzene rings is 1. The van der Waals surface area contributed by atoms with Gasteiger partial charge in [-0.3, -0.25) is 4.79 Å². The van der Waals surface area contributed by atoms with Gasteiger partial charge in [0.1, 0.15) is 0 Å². The van der Waals surface area contributed by atoms with Gasteiger partial charge in [0, 0.05) is 19.5 Å². The zero-order valence-electron chi connectivity index (χ0n) is 10.6. The van der Waals surface area contributed by atoms with E-state index < -0.39 is 0 Å². The molecule has 1 aliphatic heterocycles. The molecule has 0 spiro atoms. The van der Waals surface area contributed by atoms with E-state index in [4.69, 9.17) is 0 Å². The van der Waals surface area contributed by atoms with Gasteiger partial charge < -0.3 is 4.90 Å². The van der Waals surface area contributed by atoms with E-state index in [0.717, 1.165) is 25.9 Å². The lowest BCUT2D eigenvalue weighted by molar-refractivity contribution is -0.130. The molecule has 17 heavy (non-hydrogen) atoms. The summed E-state index contributed by atoms with van der Waals surface area (Å²) in [5.74, 6) is 0.321. The normalized spacial score (nSPS) is 15.2. The Labute approximate surface area is 104 Å². The topological polar surface area (TPSA) is 20.3 Å². The van der Waals surface area contributed by atoms with Crippen LogP contribution in [0.4, 0.5) is 0 Å². The largest absolute Gasteiger partial charge is 0.343 e. The fraction of sp³-hybridized carbons (Fsp3) is 0.533. The van der Waals surface area contributed by atoms with E-state index in [-0.39, 0.29) is 0 Å². The Morgan fingerprint density at radius 2 is 1.71 bits per heavy atom. The van der Waals surface area contributed by atoms with Crippen LogP contribution in [-0.2, 0) is 17.6 Å². The molecule has 0 bridgehead atoms. The Balaban J connectivity index is 1.82. The van der Waals surface area contributed by atoms with Gasteiger partial charge in [-0.1, -0.05) is 31.2 Å². The van der Waals surface area contributed by atoms with Crippen LogP contribution in [-0.4, -0.2) is 23.9 Å². The van der Waals surface area contributed by atoms with Crippen molar-refractivity contribution in [3.63, 3.8) is 0 Å². The highest BCUT2D eigenvalue weighted by atomic mass is 16.2. The summed E-state index contributed by atoms with van der Waals surface area (Å²) in [4.78, 5) is 13.9. The third kappa shape index (κ3) is 3.32. The summed E-state index contributed by atoms with van der Waals surface area (Å²) in [7, 11) is 0. The number of nitrogens with zero attached hydrogens (tertiary/aromatic N) is 1. The van der Waals surface area contributed by atoms with Crippen molar-refractivity contribution in [2.24, 2.45) is 0 Å². The molecule has 0 aliphatic carbocycles. The highest BCUT2D eigenvalue weighted by Crippen LogP contribution is 2.12. The smallest absolute Gasteiger partial charge is 0.222 e. The molecule has 0 aromatic heterocycles. The van der Waals surface area contributed by atoms with Gasteiger partial charge in [0.2, 0.25) is 5.91 Å². The Morgan fingerprint density at radius 3 is 2.29 bits per heavy atom. The molecular weight excluding hydrogens is 210 g/mol. The minimum Gasteiger partial charge on any atom is -0.343 e. The van der Waals surface area contributed by atoms with Crippen LogP contribution in [0.5, 0.6) is 0 Å². The standard InChI is InChI=1S/C15H21NO/c1-2-13-5-7-14(8-6-13)9-10-15(17)16-11-3-4-12-16/h5-8H,2-4,9-12H2,1H3. The van der Waals surface area contributed by atoms with Crippen molar-refractivity contribution in [2.75, 3.05) is 13.1 Å². The van der Waals surface area contributed by atoms with E-state index in [9.17, 15) is 4.79 Å². The molecule has 2 heteroatoms. The number of aryl methyl sites for hydroxylation is 2. The lowest BCUT2D eigenvalue weighted by Crippen LogP contribution is -2.27. The molecule has 0 radical (unpaired) electrons. The van der Waals surface area contributed by atoms with Gasteiger partial charge in [-0.25, -0.2) is 0 Å². The van der Waals surface area contributed by atoms with Crippen molar-refractivity contribution < 1.29 is 4.79 Å². The third-order valence-corrected chi connectivity index (χ3v) is 3.52. The average molecular weight is 231 g/mol. The van der Waals surface area contributed by atoms with E-state index >= 15 is 0 Å². The molecule has 1 saturated heterocycles. The minimum absolute atomic E-state index is 0.321. The van der Waals surface area contributed by atoms with Gasteiger partial charge in [0.15, 0.2) is 0 Å². The van der Waals surface area contributed by atoms with Crippen LogP contribution in [0.2, 0.25) is 0 Å². The van der Waals surface area contributed by atoms with Crippen molar-refractivity contribution >= 4 is 5.91 Å². The van der Waals surface area contributed by atoms with Crippen LogP contribution in [0, 0.1) is 0 Å². The van der Waals surface area contributed by atoms with E-state index in [0.29, 0.717) is 12.3 Å². The molecule has 0 atom stereocenters. The molecule has 1 aromatic carbocycles. The molecule has 1 aliphatic rings. The van der Waals surface area contributed by atoms with Gasteiger partial charge in [-0.05, 0) is 36.8 Å². The summed E-state index contributed by atoms with van der Waals surface area (Å²) in [6.45, 7) is 4.09. The molecule has 1 aromatic rings. The Hall–Kier alpha value is -1.31. The van der Waals surface area contributed by atoms with E-state index in [1.54, 1.807) is 0 Å². The Morgan fingerprint density at radius 1 is 1.12 bits per heavy atom. The SMILES string of the molecule is CCc1ccc(CCC(=O)N2CCCC2)cc1. The Kier molecular flexibility index (Phi) is 4.18. The van der Waals surface area contributed by atoms with Crippen molar-refractivity contribution in [1.29, 1.82) is 0 Å². The first-order valence-corrected chi connectivity index (χ1v) is 6.65. The molecular formula is C15H21NO. The fourth-order valence-electron chi connectivity index (χ4n) is 2.32. The zero-order chi connectivity index (χ0) is 12.1. The number of carbonyl (C=O) groups is 1. The molecule has 2 nitrogen and oxygen atoms in total. The van der Waals surface area contributed by atoms with Crippen LogP contribution < -0.4 is 0 Å². The molecule has 1 fully saturated rings. The van der Waals surface area contributed by atoms with Gasteiger partial charge in [-0.15, -0.1) is 0 Å². The second kappa shape index (κ2) is 5.85. The lowest BCUT2D eigenvalue weighted by Gasteiger charge is -2.14. The van der Waals surface area contributed by atoms with Gasteiger partial charge >= 0.3 is 0 Å². The number of amides is 1. The average Bonchev–Trinajstić information content (AvgIpc) is 2.90. The maximum atomic E-state index is 11.9. The molecule has 2 rings (SSSR count). The third-order valence-electron chi connectivity index (χ3n) is 3.52. The van der Waals surface area contributed by atoms with Crippen LogP contribution in [0.25, 0.3) is 0 Å². The zero-order valence-corrected chi connectivity index (χ0v) is 10.6. The highest BCUT2D eigenvalue weighted by molar-refractivity contribution is 5.76. The van der Waals surface area contributed by atoms with Gasteiger partial charge in [0.25, 0.3) is 0 Å². The van der Waals surface area contributed by atoms with Crippen molar-refractivity contribution in [3.05, 3.63) is 35.4 Å². The van der Waals surface area contributed by atoms with E-state index in [1.807, 2.05) is 4.90 Å². The summed E-state index contributed by atoms with van der Waals surface area (Å²) >= 11 is 0. The number of likely N-dealkylation sites (tertiary alicyclic amines) is 1. The summed E-state index contributed by atoms with van der Waals surface area (Å²) in [6.07, 6.45) is 4.96. The molecule has 92 valence electrons. The van der Waals surface area contributed by atoms with E-state index in [1.165, 1.54) is 24.0 Å². The number of carbonyl (C=O) groups excluding carboxylic acids is 1. The van der Waals surface area contributed by atoms with Crippen molar-refractivity contribution in [3.8, 4) is 0 Å². The van der Waals surface area contributed by atoms with Gasteiger partial charge in [-0.2, -0.15) is 0 Å². The maximum Gasteiger partial charge on any atom is 0.222 e. The molecule has 0 saturated carbocycles. The number of rotatable bonds is 4. The van der Waals surface area contributed by atoms with Crippen LogP contribution in [0.1, 0.15) is 37.3 Å². The first kappa shape index (κ1) is 12.2. The van der Waals surface area contributed by atoms with E-state index in [2.05, 4.69) is 31.2 Å². The molecule has 1 amide bonds. The molecule has 0 N–H and O–H groups in total. The van der Waals surface area contributed by atoms with Gasteiger partial charge in [0.05, 0.1) is 0 Å². The quantitative estimate of drug-likeness (QED) is 0.780. The van der Waals surface area contributed by atoms with Crippen LogP contribution in [0.3, 0.4) is 0 Å². The molecule has 1 heterocycles. The highest BCUT2D eigenvalue weighted by Gasteiger charge is 2.17. The van der Waals surface area contributed by atoms with Crippen molar-refractivity contribution in [1.82, 2.24) is 4.90 Å². The van der Waals surface area contributed by atoms with Crippen molar-refractivity contribution in [2.45, 2.75) is 39.0 Å². The predicted octanol–water partition coefficient (Wildman–Crippen LogP) is 2.80. The van der Waals surface area contributed by atoms with Crippen LogP contribution >= 0.6 is 0 Å². The monoisotopic (exact) mass is 231 g/mol.